The van der Waals surface area contributed by atoms with E-state index in [1.165, 1.54) is 0 Å². The van der Waals surface area contributed by atoms with Crippen molar-refractivity contribution in [3.8, 4) is 0 Å². The van der Waals surface area contributed by atoms with Crippen LogP contribution in [-0.4, -0.2) is 30.0 Å². The molecule has 1 fully saturated rings. The van der Waals surface area contributed by atoms with Gasteiger partial charge < -0.3 is 9.84 Å². The maximum atomic E-state index is 12.5. The van der Waals surface area contributed by atoms with Gasteiger partial charge in [0.2, 0.25) is 10.0 Å². The zero-order valence-electron chi connectivity index (χ0n) is 12.9. The van der Waals surface area contributed by atoms with Crippen molar-refractivity contribution in [2.75, 3.05) is 0 Å². The number of amides is 1. The highest BCUT2D eigenvalue weighted by molar-refractivity contribution is 7.91. The van der Waals surface area contributed by atoms with Crippen molar-refractivity contribution in [3.05, 3.63) is 35.9 Å². The van der Waals surface area contributed by atoms with Gasteiger partial charge in [-0.05, 0) is 39.2 Å². The maximum absolute atomic E-state index is 12.5. The Balaban J connectivity index is 2.17. The predicted molar refractivity (Wildman–Crippen MR) is 81.7 cm³/mol. The second-order valence-electron chi connectivity index (χ2n) is 6.49. The van der Waals surface area contributed by atoms with Gasteiger partial charge in [0.25, 0.3) is 0 Å². The molecule has 1 atom stereocenters. The first-order valence-corrected chi connectivity index (χ1v) is 8.54. The van der Waals surface area contributed by atoms with Crippen LogP contribution in [0.2, 0.25) is 0 Å². The zero-order chi connectivity index (χ0) is 16.6. The number of hydrogen-bond acceptors (Lipinski definition) is 5. The van der Waals surface area contributed by atoms with Gasteiger partial charge >= 0.3 is 6.09 Å². The van der Waals surface area contributed by atoms with Crippen LogP contribution in [0.1, 0.15) is 45.3 Å². The average molecular weight is 327 g/mol. The molecular weight excluding hydrogens is 306 g/mol. The summed E-state index contributed by atoms with van der Waals surface area (Å²) in [5, 5.41) is 10.4. The molecule has 122 valence electrons. The van der Waals surface area contributed by atoms with Gasteiger partial charge in [0.1, 0.15) is 16.5 Å². The number of carbonyl (C=O) groups excluding carboxylic acids is 1. The maximum Gasteiger partial charge on any atom is 0.421 e. The first kappa shape index (κ1) is 16.8. The molecule has 0 bridgehead atoms. The van der Waals surface area contributed by atoms with Crippen molar-refractivity contribution in [3.63, 3.8) is 0 Å². The highest BCUT2D eigenvalue weighted by Crippen LogP contribution is 2.52. The molecule has 2 rings (SSSR count). The number of aliphatic hydroxyl groups excluding tert-OH is 1. The lowest BCUT2D eigenvalue weighted by Crippen LogP contribution is -2.44. The van der Waals surface area contributed by atoms with E-state index in [0.717, 1.165) is 0 Å². The fourth-order valence-electron chi connectivity index (χ4n) is 2.26. The first-order chi connectivity index (χ1) is 10.1. The topological polar surface area (TPSA) is 92.7 Å². The van der Waals surface area contributed by atoms with Gasteiger partial charge in [-0.2, -0.15) is 0 Å². The molecule has 1 aliphatic rings. The van der Waals surface area contributed by atoms with Gasteiger partial charge in [0, 0.05) is 0 Å². The van der Waals surface area contributed by atoms with Crippen molar-refractivity contribution >= 4 is 16.1 Å². The Labute approximate surface area is 130 Å². The second-order valence-corrected chi connectivity index (χ2v) is 8.51. The van der Waals surface area contributed by atoms with E-state index >= 15 is 0 Å². The summed E-state index contributed by atoms with van der Waals surface area (Å²) >= 11 is 0. The van der Waals surface area contributed by atoms with Crippen molar-refractivity contribution in [2.24, 2.45) is 0 Å². The van der Waals surface area contributed by atoms with E-state index in [2.05, 4.69) is 0 Å². The molecule has 1 saturated carbocycles. The molecule has 0 radical (unpaired) electrons. The van der Waals surface area contributed by atoms with E-state index < -0.39 is 32.6 Å². The van der Waals surface area contributed by atoms with E-state index in [1.54, 1.807) is 51.1 Å². The van der Waals surface area contributed by atoms with Crippen LogP contribution in [0.4, 0.5) is 4.79 Å². The molecule has 1 aliphatic carbocycles. The van der Waals surface area contributed by atoms with Gasteiger partial charge in [0.15, 0.2) is 0 Å². The largest absolute Gasteiger partial charge is 0.443 e. The summed E-state index contributed by atoms with van der Waals surface area (Å²) in [6, 6.07) is 8.55. The van der Waals surface area contributed by atoms with E-state index in [4.69, 9.17) is 4.74 Å². The molecule has 0 heterocycles. The molecule has 1 aromatic carbocycles. The number of aliphatic hydroxyl groups is 1. The third-order valence-corrected chi connectivity index (χ3v) is 5.65. The molecule has 0 aromatic heterocycles. The Morgan fingerprint density at radius 1 is 1.27 bits per heavy atom. The molecular formula is C15H21NO5S. The van der Waals surface area contributed by atoms with Crippen molar-refractivity contribution < 1.29 is 23.1 Å². The van der Waals surface area contributed by atoms with Crippen LogP contribution in [0, 0.1) is 0 Å². The molecule has 0 aliphatic heterocycles. The molecule has 1 amide bonds. The van der Waals surface area contributed by atoms with E-state index in [-0.39, 0.29) is 0 Å². The summed E-state index contributed by atoms with van der Waals surface area (Å²) < 4.78 is 30.4. The predicted octanol–water partition coefficient (Wildman–Crippen LogP) is 2.11. The van der Waals surface area contributed by atoms with Gasteiger partial charge in [-0.15, -0.1) is 0 Å². The summed E-state index contributed by atoms with van der Waals surface area (Å²) in [5.74, 6) is 0. The number of nitrogens with one attached hydrogen (secondary N) is 1. The van der Waals surface area contributed by atoms with Crippen LogP contribution in [-0.2, 0) is 14.8 Å². The van der Waals surface area contributed by atoms with Crippen LogP contribution in [0.5, 0.6) is 0 Å². The van der Waals surface area contributed by atoms with Crippen molar-refractivity contribution in [1.29, 1.82) is 0 Å². The monoisotopic (exact) mass is 327 g/mol. The van der Waals surface area contributed by atoms with Crippen LogP contribution in [0.3, 0.4) is 0 Å². The van der Waals surface area contributed by atoms with Crippen molar-refractivity contribution in [2.45, 2.75) is 50.1 Å². The smallest absolute Gasteiger partial charge is 0.421 e. The van der Waals surface area contributed by atoms with Crippen LogP contribution in [0.15, 0.2) is 30.3 Å². The summed E-state index contributed by atoms with van der Waals surface area (Å²) in [6.07, 6.45) is -1.63. The minimum absolute atomic E-state index is 0.293. The highest BCUT2D eigenvalue weighted by atomic mass is 32.2. The molecule has 0 spiro atoms. The van der Waals surface area contributed by atoms with E-state index in [0.29, 0.717) is 18.4 Å². The molecule has 1 unspecified atom stereocenters. The Bertz CT molecular complexity index is 644. The Morgan fingerprint density at radius 2 is 1.82 bits per heavy atom. The quantitative estimate of drug-likeness (QED) is 0.883. The molecule has 1 aromatic rings. The number of sulfonamides is 1. The van der Waals surface area contributed by atoms with Crippen LogP contribution < -0.4 is 4.72 Å². The van der Waals surface area contributed by atoms with Gasteiger partial charge in [0.05, 0.1) is 0 Å². The number of carbonyl (C=O) groups is 1. The molecule has 6 nitrogen and oxygen atoms in total. The third-order valence-electron chi connectivity index (χ3n) is 3.51. The summed E-state index contributed by atoms with van der Waals surface area (Å²) in [5.41, 5.74) is -0.288. The standard InChI is InChI=1S/C15H21NO5S/c1-14(2,3)21-13(18)16-22(19,20)15(9-10-15)12(17)11-7-5-4-6-8-11/h4-8,12,17H,9-10H2,1-3H3,(H,16,18). The van der Waals surface area contributed by atoms with Crippen LogP contribution >= 0.6 is 0 Å². The van der Waals surface area contributed by atoms with Gasteiger partial charge in [-0.25, -0.2) is 17.9 Å². The lowest BCUT2D eigenvalue weighted by Gasteiger charge is -2.25. The van der Waals surface area contributed by atoms with E-state index in [9.17, 15) is 18.3 Å². The summed E-state index contributed by atoms with van der Waals surface area (Å²) in [6.45, 7) is 4.93. The third kappa shape index (κ3) is 3.41. The summed E-state index contributed by atoms with van der Waals surface area (Å²) in [4.78, 5) is 11.7. The number of rotatable bonds is 4. The number of ether oxygens (including phenoxy) is 1. The fraction of sp³-hybridized carbons (Fsp3) is 0.533. The number of hydrogen-bond donors (Lipinski definition) is 2. The SMILES string of the molecule is CC(C)(C)OC(=O)NS(=O)(=O)C1(C(O)c2ccccc2)CC1. The lowest BCUT2D eigenvalue weighted by molar-refractivity contribution is 0.0568. The Morgan fingerprint density at radius 3 is 2.27 bits per heavy atom. The molecule has 2 N–H and O–H groups in total. The Kier molecular flexibility index (Phi) is 4.23. The minimum Gasteiger partial charge on any atom is -0.443 e. The van der Waals surface area contributed by atoms with E-state index in [1.807, 2.05) is 4.72 Å². The second kappa shape index (κ2) is 5.55. The zero-order valence-corrected chi connectivity index (χ0v) is 13.7. The highest BCUT2D eigenvalue weighted by Gasteiger charge is 2.61. The minimum atomic E-state index is -4.04. The molecule has 0 saturated heterocycles. The van der Waals surface area contributed by atoms with Crippen molar-refractivity contribution in [1.82, 2.24) is 4.72 Å². The Hall–Kier alpha value is -1.60. The molecule has 22 heavy (non-hydrogen) atoms. The fourth-order valence-corrected chi connectivity index (χ4v) is 3.80. The normalized spacial score (nSPS) is 18.4. The summed E-state index contributed by atoms with van der Waals surface area (Å²) in [7, 11) is -4.04. The lowest BCUT2D eigenvalue weighted by atomic mass is 10.1. The average Bonchev–Trinajstić information content (AvgIpc) is 3.17. The van der Waals surface area contributed by atoms with Gasteiger partial charge in [-0.3, -0.25) is 0 Å². The van der Waals surface area contributed by atoms with Gasteiger partial charge in [-0.1, -0.05) is 30.3 Å². The van der Waals surface area contributed by atoms with Crippen LogP contribution in [0.25, 0.3) is 0 Å². The molecule has 7 heteroatoms. The number of benzene rings is 1. The first-order valence-electron chi connectivity index (χ1n) is 7.06.